The summed E-state index contributed by atoms with van der Waals surface area (Å²) in [7, 11) is -1.33. The number of aromatic hydroxyl groups is 2. The van der Waals surface area contributed by atoms with Crippen molar-refractivity contribution in [1.29, 1.82) is 5.26 Å². The van der Waals surface area contributed by atoms with E-state index >= 15 is 0 Å². The minimum Gasteiger partial charge on any atom is -0.507 e. The molecular weight excluding hydrogens is 607 g/mol. The highest BCUT2D eigenvalue weighted by Crippen LogP contribution is 2.39. The molecule has 0 aliphatic heterocycles. The average molecular weight is 676 g/mol. The summed E-state index contributed by atoms with van der Waals surface area (Å²) in [4.78, 5) is 10.1. The predicted octanol–water partition coefficient (Wildman–Crippen LogP) is 11.6. The molecule has 0 unspecified atom stereocenters. The van der Waals surface area contributed by atoms with Gasteiger partial charge in [-0.25, -0.2) is 5.26 Å². The molecule has 6 heteroatoms. The van der Waals surface area contributed by atoms with Crippen LogP contribution in [0.3, 0.4) is 0 Å². The van der Waals surface area contributed by atoms with E-state index in [2.05, 4.69) is 113 Å². The molecule has 268 valence electrons. The fraction of sp³-hybridized carbons (Fsp3) is 0.643. The number of nitrogens with zero attached hydrogens (tertiary/aromatic N) is 3. The number of rotatable bonds is 4. The van der Waals surface area contributed by atoms with E-state index in [4.69, 9.17) is 15.2 Å². The van der Waals surface area contributed by atoms with E-state index < -0.39 is 8.07 Å². The lowest BCUT2D eigenvalue weighted by Gasteiger charge is -2.28. The van der Waals surface area contributed by atoms with Crippen LogP contribution in [0.5, 0.6) is 11.5 Å². The number of aliphatic imine (C=N–C) groups is 2. The molecule has 0 amide bonds. The molecule has 0 bridgehead atoms. The van der Waals surface area contributed by atoms with Gasteiger partial charge in [-0.1, -0.05) is 142 Å². The van der Waals surface area contributed by atoms with E-state index in [9.17, 15) is 10.2 Å². The maximum Gasteiger partial charge on any atom is 0.164 e. The lowest BCUT2D eigenvalue weighted by atomic mass is 9.79. The maximum atomic E-state index is 11.2. The summed E-state index contributed by atoms with van der Waals surface area (Å²) in [5.74, 6) is 0.637. The third-order valence-electron chi connectivity index (χ3n) is 8.47. The van der Waals surface area contributed by atoms with Gasteiger partial charge in [0.15, 0.2) is 8.07 Å². The van der Waals surface area contributed by atoms with Crippen molar-refractivity contribution < 1.29 is 10.2 Å². The monoisotopic (exact) mass is 676 g/mol. The Morgan fingerprint density at radius 2 is 0.917 bits per heavy atom. The van der Waals surface area contributed by atoms with Gasteiger partial charge in [-0.05, 0) is 57.8 Å². The molecule has 1 saturated carbocycles. The molecule has 48 heavy (non-hydrogen) atoms. The molecule has 3 rings (SSSR count). The fourth-order valence-electron chi connectivity index (χ4n) is 5.31. The molecule has 0 saturated heterocycles. The van der Waals surface area contributed by atoms with Crippen LogP contribution in [0.4, 0.5) is 0 Å². The van der Waals surface area contributed by atoms with Crippen molar-refractivity contribution >= 4 is 20.5 Å². The molecule has 5 nitrogen and oxygen atoms in total. The van der Waals surface area contributed by atoms with Crippen molar-refractivity contribution in [3.8, 4) is 17.2 Å². The minimum atomic E-state index is -1.33. The van der Waals surface area contributed by atoms with Crippen LogP contribution in [0.25, 0.3) is 0 Å². The van der Waals surface area contributed by atoms with Crippen LogP contribution < -0.4 is 0 Å². The van der Waals surface area contributed by atoms with E-state index in [0.29, 0.717) is 11.5 Å². The molecule has 2 aromatic rings. The Kier molecular flexibility index (Phi) is 15.0. The van der Waals surface area contributed by atoms with E-state index in [1.165, 1.54) is 11.1 Å². The smallest absolute Gasteiger partial charge is 0.164 e. The Labute approximate surface area is 296 Å². The summed E-state index contributed by atoms with van der Waals surface area (Å²) in [6.45, 7) is 36.1. The third-order valence-corrected chi connectivity index (χ3v) is 9.14. The van der Waals surface area contributed by atoms with Gasteiger partial charge in [0.2, 0.25) is 0 Å². The number of hydrogen-bond acceptors (Lipinski definition) is 5. The molecular formula is C42H69N3O2Si. The predicted molar refractivity (Wildman–Crippen MR) is 213 cm³/mol. The van der Waals surface area contributed by atoms with Crippen molar-refractivity contribution in [1.82, 2.24) is 0 Å². The summed E-state index contributed by atoms with van der Waals surface area (Å²) in [6, 6.07) is 8.53. The van der Waals surface area contributed by atoms with Gasteiger partial charge in [0.05, 0.1) is 12.1 Å². The normalized spacial score (nSPS) is 17.8. The summed E-state index contributed by atoms with van der Waals surface area (Å²) in [5, 5.41) is 30.7. The molecule has 1 fully saturated rings. The Morgan fingerprint density at radius 3 is 1.15 bits per heavy atom. The van der Waals surface area contributed by atoms with Crippen molar-refractivity contribution in [3.63, 3.8) is 0 Å². The number of benzene rings is 2. The van der Waals surface area contributed by atoms with Crippen LogP contribution in [0.2, 0.25) is 19.6 Å². The summed E-state index contributed by atoms with van der Waals surface area (Å²) < 4.78 is 0. The van der Waals surface area contributed by atoms with Gasteiger partial charge in [0, 0.05) is 40.4 Å². The Hall–Kier alpha value is -2.91. The van der Waals surface area contributed by atoms with Gasteiger partial charge < -0.3 is 10.2 Å². The van der Waals surface area contributed by atoms with Crippen LogP contribution in [0, 0.1) is 11.0 Å². The second-order valence-electron chi connectivity index (χ2n) is 18.3. The highest BCUT2D eigenvalue weighted by molar-refractivity contribution is 6.83. The van der Waals surface area contributed by atoms with Crippen molar-refractivity contribution in [2.24, 2.45) is 9.98 Å². The van der Waals surface area contributed by atoms with Gasteiger partial charge in [-0.2, -0.15) is 0 Å². The zero-order chi connectivity index (χ0) is 37.5. The second-order valence-corrected chi connectivity index (χ2v) is 23.0. The van der Waals surface area contributed by atoms with E-state index in [1.807, 2.05) is 45.9 Å². The van der Waals surface area contributed by atoms with Crippen LogP contribution in [-0.4, -0.2) is 42.8 Å². The Balaban J connectivity index is 0.00000129. The zero-order valence-electron chi connectivity index (χ0n) is 33.7. The molecule has 0 radical (unpaired) electrons. The van der Waals surface area contributed by atoms with E-state index in [-0.39, 0.29) is 33.7 Å². The van der Waals surface area contributed by atoms with Gasteiger partial charge in [0.1, 0.15) is 11.5 Å². The van der Waals surface area contributed by atoms with Crippen molar-refractivity contribution in [2.75, 3.05) is 0 Å². The molecule has 2 aromatic carbocycles. The van der Waals surface area contributed by atoms with Crippen molar-refractivity contribution in [2.45, 2.75) is 176 Å². The Morgan fingerprint density at radius 1 is 0.625 bits per heavy atom. The second kappa shape index (κ2) is 16.7. The van der Waals surface area contributed by atoms with E-state index in [1.54, 1.807) is 0 Å². The lowest BCUT2D eigenvalue weighted by molar-refractivity contribution is 0.389. The molecule has 2 N–H and O–H groups in total. The van der Waals surface area contributed by atoms with Crippen LogP contribution >= 0.6 is 0 Å². The number of phenols is 2. The van der Waals surface area contributed by atoms with Crippen LogP contribution in [-0.2, 0) is 21.7 Å². The molecule has 0 aromatic heterocycles. The van der Waals surface area contributed by atoms with Gasteiger partial charge in [-0.3, -0.25) is 9.98 Å². The van der Waals surface area contributed by atoms with Gasteiger partial charge in [0.25, 0.3) is 0 Å². The molecule has 2 atom stereocenters. The fourth-order valence-corrected chi connectivity index (χ4v) is 5.31. The average Bonchev–Trinajstić information content (AvgIpc) is 2.95. The SMILES string of the molecule is CC.CC(C)(C)c1cc(C=N[C@@H]2CCCC[C@H]2N=Cc2cc(C(C)(C)C)cc(C(C)(C)C)c2O)c(O)c(C(C)(C)C)c1.C[Si](C)(C)C#N. The lowest BCUT2D eigenvalue weighted by Crippen LogP contribution is -2.27. The number of nitriles is 1. The first kappa shape index (κ1) is 43.1. The molecule has 1 aliphatic carbocycles. The first-order valence-electron chi connectivity index (χ1n) is 18.0. The summed E-state index contributed by atoms with van der Waals surface area (Å²) >= 11 is 0. The van der Waals surface area contributed by atoms with Crippen LogP contribution in [0.15, 0.2) is 34.3 Å². The van der Waals surface area contributed by atoms with Crippen molar-refractivity contribution in [3.05, 3.63) is 57.6 Å². The first-order valence-corrected chi connectivity index (χ1v) is 21.5. The largest absolute Gasteiger partial charge is 0.507 e. The summed E-state index contributed by atoms with van der Waals surface area (Å²) in [6.07, 6.45) is 7.90. The Bertz CT molecular complexity index is 1350. The minimum absolute atomic E-state index is 0.0378. The van der Waals surface area contributed by atoms with Gasteiger partial charge in [-0.15, -0.1) is 0 Å². The van der Waals surface area contributed by atoms with E-state index in [0.717, 1.165) is 47.9 Å². The maximum absolute atomic E-state index is 11.2. The third kappa shape index (κ3) is 12.8. The van der Waals surface area contributed by atoms with Crippen LogP contribution in [0.1, 0.15) is 156 Å². The zero-order valence-corrected chi connectivity index (χ0v) is 34.7. The first-order chi connectivity index (χ1) is 21.8. The standard InChI is InChI=1S/C36H54N2O2.C4H9NSi.C2H6/c1-33(2,3)25-17-23(31(39)27(19-25)35(7,8)9)21-37-29-15-13-14-16-30(29)38-22-24-18-26(34(4,5)6)20-28(32(24)40)36(10,11)12;1-6(2,3)4-5;1-2/h17-22,29-30,39-40H,13-16H2,1-12H3;1-3H3;1-2H3/t29-,30-;;/m1../s1. The van der Waals surface area contributed by atoms with Gasteiger partial charge >= 0.3 is 0 Å². The number of hydrogen-bond donors (Lipinski definition) is 2. The number of phenolic OH excluding ortho intramolecular Hbond substituents is 2. The summed E-state index contributed by atoms with van der Waals surface area (Å²) in [5.41, 5.74) is 7.64. The highest BCUT2D eigenvalue weighted by Gasteiger charge is 2.28. The molecule has 0 heterocycles. The highest BCUT2D eigenvalue weighted by atomic mass is 28.3. The molecule has 0 spiro atoms. The molecule has 1 aliphatic rings. The quantitative estimate of drug-likeness (QED) is 0.250. The topological polar surface area (TPSA) is 89.0 Å².